The minimum Gasteiger partial charge on any atom is -0.480 e. The van der Waals surface area contributed by atoms with Crippen molar-refractivity contribution in [3.8, 4) is 0 Å². The molecule has 5 heteroatoms. The molecule has 1 amide bonds. The Morgan fingerprint density at radius 3 is 2.52 bits per heavy atom. The summed E-state index contributed by atoms with van der Waals surface area (Å²) in [6.07, 6.45) is 0. The molecule has 23 heavy (non-hydrogen) atoms. The van der Waals surface area contributed by atoms with Gasteiger partial charge >= 0.3 is 5.97 Å². The fraction of sp³-hybridized carbons (Fsp3) is 0.222. The molecule has 0 saturated carbocycles. The van der Waals surface area contributed by atoms with Gasteiger partial charge in [0.2, 0.25) is 0 Å². The highest BCUT2D eigenvalue weighted by Crippen LogP contribution is 2.26. The van der Waals surface area contributed by atoms with Gasteiger partial charge < -0.3 is 10.0 Å². The minimum absolute atomic E-state index is 0.187. The van der Waals surface area contributed by atoms with Crippen LogP contribution in [0.2, 0.25) is 0 Å². The van der Waals surface area contributed by atoms with Crippen LogP contribution in [0.4, 0.5) is 0 Å². The third-order valence-electron chi connectivity index (χ3n) is 3.90. The Kier molecular flexibility index (Phi) is 4.67. The molecule has 1 atom stereocenters. The Morgan fingerprint density at radius 1 is 1.13 bits per heavy atom. The molecule has 1 heterocycles. The van der Waals surface area contributed by atoms with Crippen LogP contribution in [0.3, 0.4) is 0 Å². The summed E-state index contributed by atoms with van der Waals surface area (Å²) in [5.41, 5.74) is 2.67. The first-order chi connectivity index (χ1) is 11.2. The van der Waals surface area contributed by atoms with Gasteiger partial charge in [-0.2, -0.15) is 11.8 Å². The summed E-state index contributed by atoms with van der Waals surface area (Å²) in [7, 11) is 0. The van der Waals surface area contributed by atoms with E-state index in [0.29, 0.717) is 17.9 Å². The molecule has 118 valence electrons. The number of amides is 1. The van der Waals surface area contributed by atoms with E-state index >= 15 is 0 Å². The summed E-state index contributed by atoms with van der Waals surface area (Å²) in [6.45, 7) is 0.373. The van der Waals surface area contributed by atoms with Crippen LogP contribution in [0, 0.1) is 0 Å². The lowest BCUT2D eigenvalue weighted by atomic mass is 10.1. The Morgan fingerprint density at radius 2 is 1.83 bits per heavy atom. The van der Waals surface area contributed by atoms with Crippen molar-refractivity contribution in [2.75, 3.05) is 5.75 Å². The number of benzene rings is 2. The highest BCUT2D eigenvalue weighted by Gasteiger charge is 2.35. The van der Waals surface area contributed by atoms with E-state index in [-0.39, 0.29) is 5.91 Å². The Labute approximate surface area is 139 Å². The number of hydrogen-bond acceptors (Lipinski definition) is 3. The number of carboxylic acid groups (broad SMARTS) is 1. The van der Waals surface area contributed by atoms with E-state index in [2.05, 4.69) is 0 Å². The molecule has 1 aliphatic rings. The predicted molar refractivity (Wildman–Crippen MR) is 90.3 cm³/mol. The number of thioether (sulfide) groups is 1. The average Bonchev–Trinajstić information content (AvgIpc) is 2.89. The van der Waals surface area contributed by atoms with Crippen LogP contribution >= 0.6 is 11.8 Å². The molecule has 0 aromatic heterocycles. The van der Waals surface area contributed by atoms with E-state index in [4.69, 9.17) is 0 Å². The first-order valence-electron chi connectivity index (χ1n) is 7.40. The molecule has 0 bridgehead atoms. The summed E-state index contributed by atoms with van der Waals surface area (Å²) in [4.78, 5) is 25.5. The van der Waals surface area contributed by atoms with E-state index in [9.17, 15) is 14.7 Å². The monoisotopic (exact) mass is 327 g/mol. The fourth-order valence-corrected chi connectivity index (χ4v) is 3.78. The minimum atomic E-state index is -0.952. The predicted octanol–water partition coefficient (Wildman–Crippen LogP) is 3.03. The molecule has 2 aromatic rings. The Balaban J connectivity index is 1.66. The van der Waals surface area contributed by atoms with Crippen molar-refractivity contribution in [3.63, 3.8) is 0 Å². The number of nitrogens with zero attached hydrogens (tertiary/aromatic N) is 1. The number of hydrogen-bond donors (Lipinski definition) is 1. The second-order valence-electron chi connectivity index (χ2n) is 5.44. The molecule has 0 saturated heterocycles. The van der Waals surface area contributed by atoms with Crippen LogP contribution in [-0.4, -0.2) is 33.7 Å². The van der Waals surface area contributed by atoms with Crippen LogP contribution in [0.25, 0.3) is 0 Å². The van der Waals surface area contributed by atoms with Gasteiger partial charge in [-0.1, -0.05) is 48.5 Å². The molecule has 3 rings (SSSR count). The highest BCUT2D eigenvalue weighted by molar-refractivity contribution is 7.98. The zero-order valence-electron chi connectivity index (χ0n) is 12.5. The molecule has 1 N–H and O–H groups in total. The summed E-state index contributed by atoms with van der Waals surface area (Å²) < 4.78 is 0. The van der Waals surface area contributed by atoms with Crippen LogP contribution in [0.5, 0.6) is 0 Å². The van der Waals surface area contributed by atoms with Gasteiger partial charge in [-0.05, 0) is 17.2 Å². The van der Waals surface area contributed by atoms with Gasteiger partial charge in [0, 0.05) is 23.6 Å². The maximum absolute atomic E-state index is 12.4. The molecular formula is C18H17NO3S. The van der Waals surface area contributed by atoms with Gasteiger partial charge in [0.05, 0.1) is 0 Å². The van der Waals surface area contributed by atoms with Crippen LogP contribution in [-0.2, 0) is 17.1 Å². The van der Waals surface area contributed by atoms with Crippen LogP contribution < -0.4 is 0 Å². The third kappa shape index (κ3) is 3.40. The van der Waals surface area contributed by atoms with Gasteiger partial charge in [0.15, 0.2) is 0 Å². The van der Waals surface area contributed by atoms with E-state index in [1.165, 1.54) is 16.7 Å². The molecule has 0 aliphatic carbocycles. The maximum atomic E-state index is 12.4. The average molecular weight is 327 g/mol. The summed E-state index contributed by atoms with van der Waals surface area (Å²) >= 11 is 1.54. The first-order valence-corrected chi connectivity index (χ1v) is 8.55. The zero-order valence-corrected chi connectivity index (χ0v) is 13.3. The van der Waals surface area contributed by atoms with Crippen molar-refractivity contribution in [2.24, 2.45) is 0 Å². The van der Waals surface area contributed by atoms with E-state index in [1.807, 2.05) is 42.5 Å². The number of carbonyl (C=O) groups is 2. The van der Waals surface area contributed by atoms with Gasteiger partial charge in [-0.15, -0.1) is 0 Å². The van der Waals surface area contributed by atoms with E-state index in [1.54, 1.807) is 12.1 Å². The second-order valence-corrected chi connectivity index (χ2v) is 6.48. The smallest absolute Gasteiger partial charge is 0.327 e. The third-order valence-corrected chi connectivity index (χ3v) is 4.99. The Bertz CT molecular complexity index is 717. The second kappa shape index (κ2) is 6.87. The van der Waals surface area contributed by atoms with Crippen molar-refractivity contribution >= 4 is 23.6 Å². The topological polar surface area (TPSA) is 57.6 Å². The summed E-state index contributed by atoms with van der Waals surface area (Å²) in [5, 5.41) is 9.52. The quantitative estimate of drug-likeness (QED) is 0.886. The van der Waals surface area contributed by atoms with Crippen molar-refractivity contribution < 1.29 is 14.7 Å². The van der Waals surface area contributed by atoms with Crippen molar-refractivity contribution in [3.05, 3.63) is 71.3 Å². The summed E-state index contributed by atoms with van der Waals surface area (Å²) in [5.74, 6) is -0.0242. The lowest BCUT2D eigenvalue weighted by Gasteiger charge is -2.23. The summed E-state index contributed by atoms with van der Waals surface area (Å²) in [6, 6.07) is 16.4. The normalized spacial score (nSPS) is 14.6. The standard InChI is InChI=1S/C18H17NO3S/c20-17-15-9-5-4-8-14(15)10-19(17)16(18(21)22)12-23-11-13-6-2-1-3-7-13/h1-9,16H,10-12H2,(H,21,22)/t16-/m1/s1. The Hall–Kier alpha value is -2.27. The van der Waals surface area contributed by atoms with Gasteiger partial charge in [-0.3, -0.25) is 4.79 Å². The lowest BCUT2D eigenvalue weighted by molar-refractivity contribution is -0.141. The first kappa shape index (κ1) is 15.6. The molecule has 0 unspecified atom stereocenters. The fourth-order valence-electron chi connectivity index (χ4n) is 2.69. The molecule has 4 nitrogen and oxygen atoms in total. The number of carbonyl (C=O) groups excluding carboxylic acids is 1. The van der Waals surface area contributed by atoms with E-state index in [0.717, 1.165) is 16.9 Å². The van der Waals surface area contributed by atoms with Crippen molar-refractivity contribution in [1.29, 1.82) is 0 Å². The SMILES string of the molecule is O=C(O)[C@@H](CSCc1ccccc1)N1Cc2ccccc2C1=O. The zero-order chi connectivity index (χ0) is 16.2. The molecule has 0 fully saturated rings. The van der Waals surface area contributed by atoms with Gasteiger partial charge in [0.1, 0.15) is 6.04 Å². The molecule has 1 aliphatic heterocycles. The molecule has 0 radical (unpaired) electrons. The maximum Gasteiger partial charge on any atom is 0.327 e. The highest BCUT2D eigenvalue weighted by atomic mass is 32.2. The van der Waals surface area contributed by atoms with Crippen LogP contribution in [0.15, 0.2) is 54.6 Å². The van der Waals surface area contributed by atoms with E-state index < -0.39 is 12.0 Å². The molecular weight excluding hydrogens is 310 g/mol. The van der Waals surface area contributed by atoms with Crippen molar-refractivity contribution in [1.82, 2.24) is 4.90 Å². The number of rotatable bonds is 6. The molecule has 2 aromatic carbocycles. The molecule has 0 spiro atoms. The largest absolute Gasteiger partial charge is 0.480 e. The van der Waals surface area contributed by atoms with Crippen LogP contribution in [0.1, 0.15) is 21.5 Å². The number of aliphatic carboxylic acids is 1. The van der Waals surface area contributed by atoms with Crippen molar-refractivity contribution in [2.45, 2.75) is 18.3 Å². The number of fused-ring (bicyclic) bond motifs is 1. The lowest BCUT2D eigenvalue weighted by Crippen LogP contribution is -2.43. The number of carboxylic acids is 1. The van der Waals surface area contributed by atoms with Gasteiger partial charge in [-0.25, -0.2) is 4.79 Å². The van der Waals surface area contributed by atoms with Gasteiger partial charge in [0.25, 0.3) is 5.91 Å².